The van der Waals surface area contributed by atoms with Crippen LogP contribution in [0.5, 0.6) is 0 Å². The molecule has 0 amide bonds. The van der Waals surface area contributed by atoms with Crippen LogP contribution in [0.15, 0.2) is 55.1 Å². The van der Waals surface area contributed by atoms with Crippen LogP contribution >= 0.6 is 0 Å². The van der Waals surface area contributed by atoms with E-state index in [1.54, 1.807) is 43.3 Å². The van der Waals surface area contributed by atoms with Crippen LogP contribution in [0.3, 0.4) is 0 Å². The summed E-state index contributed by atoms with van der Waals surface area (Å²) in [5.41, 5.74) is 1.76. The largest absolute Gasteiger partial charge is 0.365 e. The van der Waals surface area contributed by atoms with E-state index in [0.29, 0.717) is 18.2 Å². The number of anilines is 1. The lowest BCUT2D eigenvalue weighted by atomic mass is 10.1. The van der Waals surface area contributed by atoms with Crippen LogP contribution in [0.4, 0.5) is 5.82 Å². The van der Waals surface area contributed by atoms with Gasteiger partial charge in [0.2, 0.25) is 10.0 Å². The van der Waals surface area contributed by atoms with Gasteiger partial charge in [-0.1, -0.05) is 24.3 Å². The molecular formula is C18H22N6O2S. The van der Waals surface area contributed by atoms with Crippen LogP contribution < -0.4 is 10.0 Å². The van der Waals surface area contributed by atoms with Crippen molar-refractivity contribution in [2.75, 3.05) is 5.32 Å². The minimum Gasteiger partial charge on any atom is -0.365 e. The number of nitrogens with zero attached hydrogens (tertiary/aromatic N) is 4. The fraction of sp³-hybridized carbons (Fsp3) is 0.278. The molecule has 3 rings (SSSR count). The van der Waals surface area contributed by atoms with E-state index in [1.807, 2.05) is 30.3 Å². The van der Waals surface area contributed by atoms with Gasteiger partial charge in [0, 0.05) is 25.0 Å². The van der Waals surface area contributed by atoms with Crippen LogP contribution in [0, 0.1) is 0 Å². The smallest absolute Gasteiger partial charge is 0.216 e. The van der Waals surface area contributed by atoms with Crippen molar-refractivity contribution in [2.45, 2.75) is 32.2 Å². The summed E-state index contributed by atoms with van der Waals surface area (Å²) >= 11 is 0. The summed E-state index contributed by atoms with van der Waals surface area (Å²) in [5.74, 6) is 1.23. The molecule has 0 radical (unpaired) electrons. The number of aromatic nitrogens is 4. The highest BCUT2D eigenvalue weighted by molar-refractivity contribution is 7.88. The van der Waals surface area contributed by atoms with Gasteiger partial charge >= 0.3 is 0 Å². The summed E-state index contributed by atoms with van der Waals surface area (Å²) in [6.45, 7) is 4.15. The zero-order valence-corrected chi connectivity index (χ0v) is 16.0. The first kappa shape index (κ1) is 19.0. The van der Waals surface area contributed by atoms with Crippen LogP contribution in [-0.2, 0) is 22.3 Å². The van der Waals surface area contributed by atoms with Crippen molar-refractivity contribution in [3.63, 3.8) is 0 Å². The maximum absolute atomic E-state index is 12.0. The van der Waals surface area contributed by atoms with Gasteiger partial charge in [0.05, 0.1) is 18.1 Å². The highest BCUT2D eigenvalue weighted by Gasteiger charge is 2.12. The quantitative estimate of drug-likeness (QED) is 0.615. The Labute approximate surface area is 158 Å². The predicted octanol–water partition coefficient (Wildman–Crippen LogP) is 2.10. The van der Waals surface area contributed by atoms with Crippen molar-refractivity contribution in [3.8, 4) is 5.82 Å². The zero-order chi connectivity index (χ0) is 19.3. The zero-order valence-electron chi connectivity index (χ0n) is 15.2. The molecule has 0 spiro atoms. The van der Waals surface area contributed by atoms with Crippen LogP contribution in [0.2, 0.25) is 0 Å². The molecule has 0 aliphatic heterocycles. The molecule has 142 valence electrons. The molecule has 0 saturated carbocycles. The van der Waals surface area contributed by atoms with Crippen LogP contribution in [-0.4, -0.2) is 34.2 Å². The van der Waals surface area contributed by atoms with Gasteiger partial charge in [-0.2, -0.15) is 5.10 Å². The van der Waals surface area contributed by atoms with Crippen molar-refractivity contribution in [1.82, 2.24) is 24.5 Å². The molecule has 0 unspecified atom stereocenters. The Kier molecular flexibility index (Phi) is 5.82. The number of nitrogens with one attached hydrogen (secondary N) is 2. The number of sulfonamides is 1. The summed E-state index contributed by atoms with van der Waals surface area (Å²) in [6.07, 6.45) is 6.76. The molecule has 0 aliphatic carbocycles. The highest BCUT2D eigenvalue weighted by atomic mass is 32.2. The first-order chi connectivity index (χ1) is 12.9. The number of hydrogen-bond donors (Lipinski definition) is 2. The standard InChI is InChI=1S/C18H22N6O2S/c1-14(2)23-27(25,26)13-16-6-4-15(5-7-16)10-20-17-11-19-12-18(22-17)24-9-3-8-21-24/h3-9,11-12,14,23H,10,13H2,1-2H3,(H,20,22). The number of hydrogen-bond acceptors (Lipinski definition) is 6. The van der Waals surface area contributed by atoms with Gasteiger partial charge in [-0.05, 0) is 31.0 Å². The Morgan fingerprint density at radius 3 is 2.52 bits per heavy atom. The molecule has 1 aromatic carbocycles. The van der Waals surface area contributed by atoms with Crippen molar-refractivity contribution < 1.29 is 8.42 Å². The third-order valence-electron chi connectivity index (χ3n) is 3.63. The second-order valence-electron chi connectivity index (χ2n) is 6.41. The average Bonchev–Trinajstić information content (AvgIpc) is 3.15. The van der Waals surface area contributed by atoms with E-state index in [9.17, 15) is 8.42 Å². The maximum Gasteiger partial charge on any atom is 0.216 e. The molecule has 2 aromatic heterocycles. The van der Waals surface area contributed by atoms with E-state index in [-0.39, 0.29) is 11.8 Å². The molecule has 0 fully saturated rings. The van der Waals surface area contributed by atoms with Crippen molar-refractivity contribution >= 4 is 15.8 Å². The third-order valence-corrected chi connectivity index (χ3v) is 5.17. The first-order valence-corrected chi connectivity index (χ1v) is 10.2. The fourth-order valence-electron chi connectivity index (χ4n) is 2.52. The summed E-state index contributed by atoms with van der Waals surface area (Å²) in [5, 5.41) is 7.35. The highest BCUT2D eigenvalue weighted by Crippen LogP contribution is 2.11. The van der Waals surface area contributed by atoms with E-state index in [4.69, 9.17) is 0 Å². The second-order valence-corrected chi connectivity index (χ2v) is 8.17. The van der Waals surface area contributed by atoms with Gasteiger partial charge in [0.15, 0.2) is 5.82 Å². The van der Waals surface area contributed by atoms with Gasteiger partial charge < -0.3 is 5.32 Å². The molecule has 0 saturated heterocycles. The molecule has 2 heterocycles. The Hall–Kier alpha value is -2.78. The van der Waals surface area contributed by atoms with Crippen molar-refractivity contribution in [2.24, 2.45) is 0 Å². The predicted molar refractivity (Wildman–Crippen MR) is 104 cm³/mol. The molecule has 8 nitrogen and oxygen atoms in total. The lowest BCUT2D eigenvalue weighted by molar-refractivity contribution is 0.569. The lowest BCUT2D eigenvalue weighted by Gasteiger charge is -2.10. The summed E-state index contributed by atoms with van der Waals surface area (Å²) in [7, 11) is -3.32. The topological polar surface area (TPSA) is 102 Å². The van der Waals surface area contributed by atoms with Crippen LogP contribution in [0.25, 0.3) is 5.82 Å². The summed E-state index contributed by atoms with van der Waals surface area (Å²) in [6, 6.07) is 9.15. The van der Waals surface area contributed by atoms with E-state index in [2.05, 4.69) is 25.1 Å². The molecule has 27 heavy (non-hydrogen) atoms. The Morgan fingerprint density at radius 1 is 1.11 bits per heavy atom. The minimum atomic E-state index is -3.32. The monoisotopic (exact) mass is 386 g/mol. The summed E-state index contributed by atoms with van der Waals surface area (Å²) in [4.78, 5) is 8.63. The summed E-state index contributed by atoms with van der Waals surface area (Å²) < 4.78 is 28.2. The normalized spacial score (nSPS) is 11.7. The van der Waals surface area contributed by atoms with Gasteiger partial charge in [0.25, 0.3) is 0 Å². The molecule has 9 heteroatoms. The number of rotatable bonds is 8. The van der Waals surface area contributed by atoms with Gasteiger partial charge in [-0.15, -0.1) is 0 Å². The average molecular weight is 386 g/mol. The molecule has 0 bridgehead atoms. The van der Waals surface area contributed by atoms with E-state index >= 15 is 0 Å². The minimum absolute atomic E-state index is 0.0315. The van der Waals surface area contributed by atoms with Crippen LogP contribution in [0.1, 0.15) is 25.0 Å². The lowest BCUT2D eigenvalue weighted by Crippen LogP contribution is -2.31. The second kappa shape index (κ2) is 8.28. The van der Waals surface area contributed by atoms with Gasteiger partial charge in [0.1, 0.15) is 5.82 Å². The Bertz CT molecular complexity index is 969. The molecule has 2 N–H and O–H groups in total. The van der Waals surface area contributed by atoms with E-state index < -0.39 is 10.0 Å². The van der Waals surface area contributed by atoms with Gasteiger partial charge in [-0.3, -0.25) is 4.98 Å². The first-order valence-electron chi connectivity index (χ1n) is 8.55. The fourth-order valence-corrected chi connectivity index (χ4v) is 3.95. The SMILES string of the molecule is CC(C)NS(=O)(=O)Cc1ccc(CNc2cncc(-n3cccn3)n2)cc1. The maximum atomic E-state index is 12.0. The van der Waals surface area contributed by atoms with E-state index in [0.717, 1.165) is 11.1 Å². The van der Waals surface area contributed by atoms with Crippen molar-refractivity contribution in [1.29, 1.82) is 0 Å². The van der Waals surface area contributed by atoms with E-state index in [1.165, 1.54) is 0 Å². The Balaban J connectivity index is 1.60. The van der Waals surface area contributed by atoms with Crippen molar-refractivity contribution in [3.05, 3.63) is 66.2 Å². The van der Waals surface area contributed by atoms with Gasteiger partial charge in [-0.25, -0.2) is 22.8 Å². The molecule has 0 atom stereocenters. The molecule has 0 aliphatic rings. The Morgan fingerprint density at radius 2 is 1.85 bits per heavy atom. The third kappa shape index (κ3) is 5.60. The molecular weight excluding hydrogens is 364 g/mol. The number of benzene rings is 1. The molecule has 3 aromatic rings.